The fourth-order valence-corrected chi connectivity index (χ4v) is 1.82. The van der Waals surface area contributed by atoms with E-state index in [-0.39, 0.29) is 5.49 Å². The van der Waals surface area contributed by atoms with Crippen molar-refractivity contribution in [3.05, 3.63) is 69.0 Å². The Hall–Kier alpha value is -3.07. The maximum absolute atomic E-state index is 11.7. The van der Waals surface area contributed by atoms with E-state index >= 15 is 0 Å². The molecule has 0 saturated carbocycles. The molecule has 0 aliphatic heterocycles. The van der Waals surface area contributed by atoms with Gasteiger partial charge in [-0.2, -0.15) is 4.99 Å². The minimum atomic E-state index is -1.26. The van der Waals surface area contributed by atoms with Crippen LogP contribution in [0.2, 0.25) is 5.15 Å². The fraction of sp³-hybridized carbons (Fsp3) is 0.0769. The van der Waals surface area contributed by atoms with Gasteiger partial charge in [0.15, 0.2) is 5.16 Å². The van der Waals surface area contributed by atoms with Crippen LogP contribution >= 0.6 is 11.6 Å². The summed E-state index contributed by atoms with van der Waals surface area (Å²) in [5, 5.41) is 21.8. The molecule has 2 aromatic rings. The van der Waals surface area contributed by atoms with Gasteiger partial charge in [-0.25, -0.2) is 4.98 Å². The second-order valence-electron chi connectivity index (χ2n) is 4.27. The van der Waals surface area contributed by atoms with Gasteiger partial charge in [0.1, 0.15) is 10.6 Å². The van der Waals surface area contributed by atoms with Crippen LogP contribution in [0.15, 0.2) is 52.9 Å². The van der Waals surface area contributed by atoms with E-state index in [4.69, 9.17) is 16.8 Å². The number of hydrogen-bond donors (Lipinski definition) is 1. The zero-order valence-electron chi connectivity index (χ0n) is 11.5. The van der Waals surface area contributed by atoms with Crippen molar-refractivity contribution in [2.24, 2.45) is 10.1 Å². The molecule has 1 amide bonds. The van der Waals surface area contributed by atoms with Gasteiger partial charge in [0.2, 0.25) is 0 Å². The van der Waals surface area contributed by atoms with Crippen LogP contribution in [0.25, 0.3) is 0 Å². The molecule has 0 atom stereocenters. The summed E-state index contributed by atoms with van der Waals surface area (Å²) in [5.74, 6) is -2.51. The SMILES string of the molecule is O=C(N=c1ccccn1Cc1ccc(Cl)nc1)/C(=N/O)[N+](=O)[O-]. The monoisotopic (exact) mass is 335 g/mol. The molecule has 0 saturated heterocycles. The average Bonchev–Trinajstić information content (AvgIpc) is 2.51. The normalized spacial score (nSPS) is 12.2. The molecule has 2 rings (SSSR count). The minimum absolute atomic E-state index is 0.162. The Morgan fingerprint density at radius 2 is 2.17 bits per heavy atom. The lowest BCUT2D eigenvalue weighted by Gasteiger charge is -2.06. The molecule has 10 heteroatoms. The Morgan fingerprint density at radius 3 is 2.78 bits per heavy atom. The molecule has 118 valence electrons. The van der Waals surface area contributed by atoms with Gasteiger partial charge in [-0.05, 0) is 28.7 Å². The molecule has 0 fully saturated rings. The number of nitro groups is 1. The summed E-state index contributed by atoms with van der Waals surface area (Å²) in [5.41, 5.74) is 0.954. The summed E-state index contributed by atoms with van der Waals surface area (Å²) < 4.78 is 1.58. The quantitative estimate of drug-likeness (QED) is 0.220. The van der Waals surface area contributed by atoms with Crippen LogP contribution in [0.3, 0.4) is 0 Å². The third-order valence-corrected chi connectivity index (χ3v) is 2.96. The van der Waals surface area contributed by atoms with Gasteiger partial charge in [-0.1, -0.05) is 23.7 Å². The van der Waals surface area contributed by atoms with E-state index in [1.165, 1.54) is 6.07 Å². The van der Waals surface area contributed by atoms with E-state index in [1.54, 1.807) is 41.2 Å². The highest BCUT2D eigenvalue weighted by Gasteiger charge is 2.24. The summed E-state index contributed by atoms with van der Waals surface area (Å²) in [6.07, 6.45) is 3.20. The lowest BCUT2D eigenvalue weighted by molar-refractivity contribution is -0.350. The van der Waals surface area contributed by atoms with E-state index < -0.39 is 16.7 Å². The second kappa shape index (κ2) is 7.27. The number of halogens is 1. The first-order valence-electron chi connectivity index (χ1n) is 6.22. The number of oxime groups is 1. The fourth-order valence-electron chi connectivity index (χ4n) is 1.71. The summed E-state index contributed by atoms with van der Waals surface area (Å²) in [6, 6.07) is 8.19. The van der Waals surface area contributed by atoms with Crippen molar-refractivity contribution in [1.29, 1.82) is 0 Å². The molecule has 0 aromatic carbocycles. The summed E-state index contributed by atoms with van der Waals surface area (Å²) in [7, 11) is 0. The minimum Gasteiger partial charge on any atom is -0.358 e. The third kappa shape index (κ3) is 4.20. The Morgan fingerprint density at radius 1 is 1.39 bits per heavy atom. The van der Waals surface area contributed by atoms with Gasteiger partial charge >= 0.3 is 11.7 Å². The predicted molar refractivity (Wildman–Crippen MR) is 79.6 cm³/mol. The standard InChI is InChI=1S/C13H10ClN5O4/c14-10-5-4-9(7-15-10)8-18-6-2-1-3-11(18)16-13(20)12(17-21)19(22)23/h1-7,21H,8H2/b16-11?,17-12-. The molecule has 0 bridgehead atoms. The molecule has 0 spiro atoms. The lowest BCUT2D eigenvalue weighted by Crippen LogP contribution is -2.27. The smallest absolute Gasteiger partial charge is 0.358 e. The van der Waals surface area contributed by atoms with Crippen LogP contribution in [-0.2, 0) is 11.3 Å². The summed E-state index contributed by atoms with van der Waals surface area (Å²) in [4.78, 5) is 28.7. The topological polar surface area (TPSA) is 123 Å². The number of carbonyl (C=O) groups excluding carboxylic acids is 1. The van der Waals surface area contributed by atoms with Crippen LogP contribution in [0.5, 0.6) is 0 Å². The number of nitrogens with zero attached hydrogens (tertiary/aromatic N) is 5. The molecule has 0 aliphatic carbocycles. The van der Waals surface area contributed by atoms with E-state index in [0.29, 0.717) is 11.7 Å². The lowest BCUT2D eigenvalue weighted by atomic mass is 10.3. The van der Waals surface area contributed by atoms with Crippen LogP contribution < -0.4 is 5.49 Å². The molecule has 0 radical (unpaired) electrons. The molecular formula is C13H10ClN5O4. The average molecular weight is 336 g/mol. The number of hydrogen-bond acceptors (Lipinski definition) is 6. The summed E-state index contributed by atoms with van der Waals surface area (Å²) in [6.45, 7) is 0.321. The van der Waals surface area contributed by atoms with Gasteiger partial charge in [0, 0.05) is 12.4 Å². The number of aromatic nitrogens is 2. The number of amides is 1. The third-order valence-electron chi connectivity index (χ3n) is 2.73. The van der Waals surface area contributed by atoms with Gasteiger partial charge in [-0.15, -0.1) is 0 Å². The molecule has 9 nitrogen and oxygen atoms in total. The molecular weight excluding hydrogens is 326 g/mol. The van der Waals surface area contributed by atoms with Crippen molar-refractivity contribution in [1.82, 2.24) is 9.55 Å². The Kier molecular flexibility index (Phi) is 5.15. The molecule has 23 heavy (non-hydrogen) atoms. The second-order valence-corrected chi connectivity index (χ2v) is 4.66. The van der Waals surface area contributed by atoms with Gasteiger partial charge in [0.25, 0.3) is 0 Å². The number of rotatable bonds is 2. The molecule has 2 aromatic heterocycles. The number of carbonyl (C=O) groups is 1. The van der Waals surface area contributed by atoms with E-state index in [2.05, 4.69) is 15.1 Å². The van der Waals surface area contributed by atoms with Gasteiger partial charge < -0.3 is 19.9 Å². The Bertz CT molecular complexity index is 829. The Balaban J connectivity index is 2.37. The van der Waals surface area contributed by atoms with Crippen LogP contribution in [0.4, 0.5) is 0 Å². The molecule has 0 aliphatic rings. The highest BCUT2D eigenvalue weighted by Crippen LogP contribution is 2.06. The van der Waals surface area contributed by atoms with Crippen molar-refractivity contribution in [2.75, 3.05) is 0 Å². The first-order valence-corrected chi connectivity index (χ1v) is 6.60. The van der Waals surface area contributed by atoms with Crippen molar-refractivity contribution in [2.45, 2.75) is 6.54 Å². The van der Waals surface area contributed by atoms with Crippen LogP contribution in [0.1, 0.15) is 5.56 Å². The van der Waals surface area contributed by atoms with Crippen molar-refractivity contribution >= 4 is 23.3 Å². The molecule has 1 N–H and O–H groups in total. The van der Waals surface area contributed by atoms with E-state index in [1.807, 2.05) is 0 Å². The highest BCUT2D eigenvalue weighted by atomic mass is 35.5. The maximum Gasteiger partial charge on any atom is 0.476 e. The number of pyridine rings is 2. The van der Waals surface area contributed by atoms with Gasteiger partial charge in [-0.3, -0.25) is 4.79 Å². The molecule has 0 unspecified atom stereocenters. The van der Waals surface area contributed by atoms with Crippen molar-refractivity contribution < 1.29 is 14.9 Å². The molecule has 2 heterocycles. The van der Waals surface area contributed by atoms with Crippen LogP contribution in [0, 0.1) is 10.1 Å². The largest absolute Gasteiger partial charge is 0.476 e. The zero-order chi connectivity index (χ0) is 16.8. The predicted octanol–water partition coefficient (Wildman–Crippen LogP) is 1.08. The van der Waals surface area contributed by atoms with E-state index in [9.17, 15) is 14.9 Å². The summed E-state index contributed by atoms with van der Waals surface area (Å²) >= 11 is 5.71. The number of amidine groups is 1. The van der Waals surface area contributed by atoms with Crippen molar-refractivity contribution in [3.8, 4) is 0 Å². The van der Waals surface area contributed by atoms with E-state index in [0.717, 1.165) is 5.56 Å². The maximum atomic E-state index is 11.7. The van der Waals surface area contributed by atoms with Gasteiger partial charge in [0.05, 0.1) is 6.54 Å². The Labute approximate surface area is 134 Å². The van der Waals surface area contributed by atoms with Crippen LogP contribution in [-0.4, -0.2) is 31.4 Å². The zero-order valence-corrected chi connectivity index (χ0v) is 12.3. The highest BCUT2D eigenvalue weighted by molar-refractivity contribution is 6.34. The van der Waals surface area contributed by atoms with Crippen molar-refractivity contribution in [3.63, 3.8) is 0 Å². The first kappa shape index (κ1) is 16.3. The first-order chi connectivity index (χ1) is 11.0.